The Labute approximate surface area is 264 Å². The maximum atomic E-state index is 14.0. The summed E-state index contributed by atoms with van der Waals surface area (Å²) in [4.78, 5) is 33.3. The highest BCUT2D eigenvalue weighted by Gasteiger charge is 2.31. The van der Waals surface area contributed by atoms with Gasteiger partial charge in [0.05, 0.1) is 25.9 Å². The quantitative estimate of drug-likeness (QED) is 0.267. The van der Waals surface area contributed by atoms with Crippen molar-refractivity contribution in [3.05, 3.63) is 75.2 Å². The Morgan fingerprint density at radius 3 is 2.61 bits per heavy atom. The van der Waals surface area contributed by atoms with Crippen LogP contribution < -0.4 is 9.46 Å². The van der Waals surface area contributed by atoms with Crippen molar-refractivity contribution >= 4 is 51.3 Å². The van der Waals surface area contributed by atoms with E-state index in [9.17, 15) is 13.8 Å². The Kier molecular flexibility index (Phi) is 8.70. The fourth-order valence-electron chi connectivity index (χ4n) is 6.39. The Bertz CT molecular complexity index is 1770. The standard InChI is InChI=1S/C33H37N5O4S2/c1-36(2)44(41)35-32(39)22-10-12-27-28(18-22)38-19-24(33(40)37(3)20-29-34-14-15-43-29)16-23-17-25(42-4)11-13-26(23)31(38)30(27)21-8-6-5-7-9-21/h10-18,21H,5-9,19-20H2,1-4H3,(H,35,39). The molecule has 1 saturated carbocycles. The molecule has 0 spiro atoms. The molecule has 3 heterocycles. The molecule has 44 heavy (non-hydrogen) atoms. The van der Waals surface area contributed by atoms with Crippen LogP contribution in [0.25, 0.3) is 28.2 Å². The zero-order valence-electron chi connectivity index (χ0n) is 25.5. The van der Waals surface area contributed by atoms with Crippen LogP contribution in [0.1, 0.15) is 64.5 Å². The summed E-state index contributed by atoms with van der Waals surface area (Å²) in [7, 11) is 6.74. The van der Waals surface area contributed by atoms with E-state index in [1.807, 2.05) is 41.8 Å². The molecule has 4 aromatic rings. The lowest BCUT2D eigenvalue weighted by atomic mass is 9.81. The molecule has 2 aromatic carbocycles. The molecule has 11 heteroatoms. The molecule has 2 aromatic heterocycles. The zero-order valence-corrected chi connectivity index (χ0v) is 27.1. The summed E-state index contributed by atoms with van der Waals surface area (Å²) in [5, 5.41) is 3.87. The van der Waals surface area contributed by atoms with E-state index in [4.69, 9.17) is 4.74 Å². The lowest BCUT2D eigenvalue weighted by molar-refractivity contribution is -0.126. The minimum absolute atomic E-state index is 0.0850. The number of benzene rings is 2. The third kappa shape index (κ3) is 5.83. The second-order valence-corrected chi connectivity index (χ2v) is 14.0. The summed E-state index contributed by atoms with van der Waals surface area (Å²) in [5.74, 6) is 0.586. The first-order valence-corrected chi connectivity index (χ1v) is 16.8. The normalized spacial score (nSPS) is 15.7. The first-order chi connectivity index (χ1) is 21.2. The number of methoxy groups -OCH3 is 1. The fraction of sp³-hybridized carbons (Fsp3) is 0.364. The second-order valence-electron chi connectivity index (χ2n) is 11.6. The number of aromatic nitrogens is 2. The van der Waals surface area contributed by atoms with Gasteiger partial charge in [-0.15, -0.1) is 11.3 Å². The number of rotatable bonds is 8. The maximum Gasteiger partial charge on any atom is 0.264 e. The topological polar surface area (TPSA) is 96.8 Å². The van der Waals surface area contributed by atoms with Crippen molar-refractivity contribution in [1.29, 1.82) is 0 Å². The third-order valence-corrected chi connectivity index (χ3v) is 10.3. The van der Waals surface area contributed by atoms with Gasteiger partial charge < -0.3 is 14.2 Å². The monoisotopic (exact) mass is 631 g/mol. The molecule has 0 bridgehead atoms. The van der Waals surface area contributed by atoms with Gasteiger partial charge in [0.15, 0.2) is 11.2 Å². The highest BCUT2D eigenvalue weighted by Crippen LogP contribution is 2.47. The van der Waals surface area contributed by atoms with E-state index in [-0.39, 0.29) is 5.91 Å². The molecule has 1 N–H and O–H groups in total. The van der Waals surface area contributed by atoms with Gasteiger partial charge >= 0.3 is 0 Å². The highest BCUT2D eigenvalue weighted by molar-refractivity contribution is 7.81. The number of nitrogens with zero attached hydrogens (tertiary/aromatic N) is 4. The molecule has 1 aliphatic heterocycles. The highest BCUT2D eigenvalue weighted by atomic mass is 32.2. The molecule has 2 aliphatic rings. The van der Waals surface area contributed by atoms with Gasteiger partial charge in [-0.05, 0) is 66.3 Å². The lowest BCUT2D eigenvalue weighted by Gasteiger charge is -2.24. The summed E-state index contributed by atoms with van der Waals surface area (Å²) in [5.41, 5.74) is 6.25. The van der Waals surface area contributed by atoms with E-state index in [1.165, 1.54) is 40.5 Å². The molecule has 9 nitrogen and oxygen atoms in total. The molecule has 1 fully saturated rings. The number of hydrogen-bond donors (Lipinski definition) is 1. The Morgan fingerprint density at radius 2 is 1.91 bits per heavy atom. The van der Waals surface area contributed by atoms with E-state index in [0.29, 0.717) is 30.1 Å². The number of thiazole rings is 1. The summed E-state index contributed by atoms with van der Waals surface area (Å²) < 4.78 is 24.2. The van der Waals surface area contributed by atoms with Crippen LogP contribution in [-0.4, -0.2) is 63.0 Å². The van der Waals surface area contributed by atoms with E-state index < -0.39 is 17.1 Å². The number of fused-ring (bicyclic) bond motifs is 5. The van der Waals surface area contributed by atoms with E-state index in [1.54, 1.807) is 39.3 Å². The molecule has 1 atom stereocenters. The van der Waals surface area contributed by atoms with Gasteiger partial charge in [-0.3, -0.25) is 14.3 Å². The molecular formula is C33H37N5O4S2. The van der Waals surface area contributed by atoms with Crippen molar-refractivity contribution in [2.45, 2.75) is 51.1 Å². The van der Waals surface area contributed by atoms with Gasteiger partial charge in [-0.2, -0.15) is 0 Å². The van der Waals surface area contributed by atoms with Crippen LogP contribution >= 0.6 is 11.3 Å². The van der Waals surface area contributed by atoms with Crippen molar-refractivity contribution in [1.82, 2.24) is 23.5 Å². The van der Waals surface area contributed by atoms with Gasteiger partial charge in [-0.25, -0.2) is 13.5 Å². The van der Waals surface area contributed by atoms with Crippen molar-refractivity contribution in [3.8, 4) is 17.0 Å². The van der Waals surface area contributed by atoms with Crippen molar-refractivity contribution in [3.63, 3.8) is 0 Å². The van der Waals surface area contributed by atoms with Gasteiger partial charge in [-0.1, -0.05) is 25.3 Å². The van der Waals surface area contributed by atoms with Crippen LogP contribution in [0.5, 0.6) is 5.75 Å². The number of ether oxygens (including phenoxy) is 1. The Hall–Kier alpha value is -3.80. The predicted octanol–water partition coefficient (Wildman–Crippen LogP) is 5.75. The van der Waals surface area contributed by atoms with Crippen LogP contribution in [-0.2, 0) is 29.1 Å². The molecular weight excluding hydrogens is 595 g/mol. The molecule has 1 unspecified atom stereocenters. The molecule has 0 saturated heterocycles. The number of likely N-dealkylation sites (N-methyl/N-ethyl adjacent to an activating group) is 1. The average molecular weight is 632 g/mol. The van der Waals surface area contributed by atoms with Crippen molar-refractivity contribution < 1.29 is 18.5 Å². The average Bonchev–Trinajstić information content (AvgIpc) is 3.61. The first-order valence-electron chi connectivity index (χ1n) is 14.8. The minimum atomic E-state index is -1.65. The third-order valence-electron chi connectivity index (χ3n) is 8.54. The lowest BCUT2D eigenvalue weighted by Crippen LogP contribution is -2.34. The summed E-state index contributed by atoms with van der Waals surface area (Å²) in [6, 6.07) is 11.8. The molecule has 2 amide bonds. The maximum absolute atomic E-state index is 14.0. The van der Waals surface area contributed by atoms with Crippen LogP contribution in [0.2, 0.25) is 0 Å². The largest absolute Gasteiger partial charge is 0.497 e. The SMILES string of the molecule is COc1ccc2c(c1)C=C(C(=O)N(C)Cc1nccs1)Cn1c-2c(C2CCCCC2)c2ccc(C(=O)NS(=O)N(C)C)cc21. The Morgan fingerprint density at radius 1 is 1.11 bits per heavy atom. The molecule has 230 valence electrons. The van der Waals surface area contributed by atoms with Crippen LogP contribution in [0.3, 0.4) is 0 Å². The van der Waals surface area contributed by atoms with E-state index >= 15 is 0 Å². The van der Waals surface area contributed by atoms with Gasteiger partial charge in [0.25, 0.3) is 11.8 Å². The summed E-state index contributed by atoms with van der Waals surface area (Å²) in [6.07, 6.45) is 9.50. The number of hydrogen-bond acceptors (Lipinski definition) is 6. The zero-order chi connectivity index (χ0) is 31.0. The predicted molar refractivity (Wildman–Crippen MR) is 176 cm³/mol. The number of carbonyl (C=O) groups is 2. The van der Waals surface area contributed by atoms with Crippen LogP contribution in [0.15, 0.2) is 53.5 Å². The number of amides is 2. The van der Waals surface area contributed by atoms with Gasteiger partial charge in [0.2, 0.25) is 0 Å². The fourth-order valence-corrected chi connectivity index (χ4v) is 7.52. The first kappa shape index (κ1) is 30.2. The second kappa shape index (κ2) is 12.7. The Balaban J connectivity index is 1.53. The van der Waals surface area contributed by atoms with Gasteiger partial charge in [0.1, 0.15) is 10.8 Å². The minimum Gasteiger partial charge on any atom is -0.497 e. The molecule has 0 radical (unpaired) electrons. The number of nitrogens with one attached hydrogen (secondary N) is 1. The van der Waals surface area contributed by atoms with E-state index in [0.717, 1.165) is 51.3 Å². The van der Waals surface area contributed by atoms with Crippen LogP contribution in [0.4, 0.5) is 0 Å². The molecule has 1 aliphatic carbocycles. The van der Waals surface area contributed by atoms with Crippen molar-refractivity contribution in [2.75, 3.05) is 28.3 Å². The smallest absolute Gasteiger partial charge is 0.264 e. The summed E-state index contributed by atoms with van der Waals surface area (Å²) >= 11 is -0.128. The van der Waals surface area contributed by atoms with Crippen molar-refractivity contribution in [2.24, 2.45) is 0 Å². The van der Waals surface area contributed by atoms with Crippen LogP contribution in [0, 0.1) is 0 Å². The number of carbonyl (C=O) groups excluding carboxylic acids is 2. The summed E-state index contributed by atoms with van der Waals surface area (Å²) in [6.45, 7) is 0.754. The van der Waals surface area contributed by atoms with Gasteiger partial charge in [0, 0.05) is 60.3 Å². The molecule has 6 rings (SSSR count). The van der Waals surface area contributed by atoms with E-state index in [2.05, 4.69) is 20.3 Å².